The van der Waals surface area contributed by atoms with Crippen LogP contribution in [0.4, 0.5) is 4.39 Å². The molecule has 2 amide bonds. The number of nitrogens with zero attached hydrogens (tertiary/aromatic N) is 3. The molecular weight excluding hydrogens is 429 g/mol. The van der Waals surface area contributed by atoms with Gasteiger partial charge in [0.05, 0.1) is 5.57 Å². The van der Waals surface area contributed by atoms with Crippen LogP contribution in [0.15, 0.2) is 72.1 Å². The molecule has 0 bridgehead atoms. The molecule has 0 saturated carbocycles. The van der Waals surface area contributed by atoms with Crippen molar-refractivity contribution < 1.29 is 18.6 Å². The Kier molecular flexibility index (Phi) is 6.69. The summed E-state index contributed by atoms with van der Waals surface area (Å²) < 4.78 is 15.7. The van der Waals surface area contributed by atoms with E-state index in [0.29, 0.717) is 25.6 Å². The van der Waals surface area contributed by atoms with Gasteiger partial charge in [-0.05, 0) is 61.6 Å². The molecule has 0 spiro atoms. The molecule has 3 heterocycles. The SMILES string of the molecule is C=CC(=O)N1CCN(C(=O)C2=C[N+]3=C(c4ccc(F)cc4)C=C(C(C)C)C3=CCC2C)CC1C. The average Bonchev–Trinajstić information content (AvgIpc) is 3.09. The van der Waals surface area contributed by atoms with Gasteiger partial charge in [0.2, 0.25) is 17.3 Å². The lowest BCUT2D eigenvalue weighted by molar-refractivity contribution is -0.392. The number of allylic oxidation sites excluding steroid dienone is 3. The lowest BCUT2D eigenvalue weighted by Gasteiger charge is -2.39. The predicted octanol–water partition coefficient (Wildman–Crippen LogP) is 4.28. The van der Waals surface area contributed by atoms with E-state index >= 15 is 0 Å². The van der Waals surface area contributed by atoms with Crippen molar-refractivity contribution >= 4 is 17.5 Å². The fourth-order valence-electron chi connectivity index (χ4n) is 4.94. The Hall–Kier alpha value is -3.28. The van der Waals surface area contributed by atoms with Gasteiger partial charge in [0.1, 0.15) is 5.82 Å². The van der Waals surface area contributed by atoms with Crippen LogP contribution in [-0.4, -0.2) is 57.6 Å². The molecule has 2 unspecified atom stereocenters. The van der Waals surface area contributed by atoms with Crippen LogP contribution >= 0.6 is 0 Å². The van der Waals surface area contributed by atoms with Gasteiger partial charge in [0, 0.05) is 42.9 Å². The second-order valence-electron chi connectivity index (χ2n) is 9.66. The second kappa shape index (κ2) is 9.53. The lowest BCUT2D eigenvalue weighted by Crippen LogP contribution is -2.55. The molecule has 1 aromatic carbocycles. The molecule has 3 aliphatic rings. The summed E-state index contributed by atoms with van der Waals surface area (Å²) in [7, 11) is 0. The van der Waals surface area contributed by atoms with Gasteiger partial charge in [-0.2, -0.15) is 4.58 Å². The molecule has 3 aliphatic heterocycles. The van der Waals surface area contributed by atoms with Crippen LogP contribution in [0.5, 0.6) is 0 Å². The fraction of sp³-hybridized carbons (Fsp3) is 0.393. The maximum atomic E-state index is 13.7. The van der Waals surface area contributed by atoms with Crippen molar-refractivity contribution in [3.8, 4) is 0 Å². The quantitative estimate of drug-likeness (QED) is 0.495. The molecule has 6 heteroatoms. The zero-order chi connectivity index (χ0) is 24.6. The standard InChI is InChI=1S/C28H33FN3O2/c1-6-27(33)31-14-13-30(16-20(31)5)28(34)24-17-32-25(12-7-19(24)4)23(18(2)3)15-26(32)21-8-10-22(29)11-9-21/h6,8-12,15,17-20H,1,7,13-14,16H2,2-5H3/q+1. The van der Waals surface area contributed by atoms with Gasteiger partial charge in [-0.1, -0.05) is 27.4 Å². The first kappa shape index (κ1) is 23.9. The van der Waals surface area contributed by atoms with Crippen LogP contribution in [0.25, 0.3) is 0 Å². The number of hydrogen-bond acceptors (Lipinski definition) is 2. The Morgan fingerprint density at radius 2 is 1.88 bits per heavy atom. The molecule has 1 aromatic rings. The normalized spacial score (nSPS) is 22.7. The molecule has 0 N–H and O–H groups in total. The number of amides is 2. The minimum Gasteiger partial charge on any atom is -0.335 e. The Morgan fingerprint density at radius 3 is 2.50 bits per heavy atom. The second-order valence-corrected chi connectivity index (χ2v) is 9.66. The predicted molar refractivity (Wildman–Crippen MR) is 132 cm³/mol. The highest BCUT2D eigenvalue weighted by Gasteiger charge is 2.38. The largest absolute Gasteiger partial charge is 0.335 e. The topological polar surface area (TPSA) is 43.6 Å². The minimum atomic E-state index is -0.273. The van der Waals surface area contributed by atoms with Gasteiger partial charge in [-0.15, -0.1) is 0 Å². The van der Waals surface area contributed by atoms with Crippen molar-refractivity contribution in [2.24, 2.45) is 11.8 Å². The number of rotatable bonds is 4. The highest BCUT2D eigenvalue weighted by atomic mass is 19.1. The van der Waals surface area contributed by atoms with E-state index in [4.69, 9.17) is 0 Å². The Morgan fingerprint density at radius 1 is 1.18 bits per heavy atom. The lowest BCUT2D eigenvalue weighted by atomic mass is 9.95. The highest BCUT2D eigenvalue weighted by Crippen LogP contribution is 2.34. The number of carbonyl (C=O) groups is 2. The van der Waals surface area contributed by atoms with Crippen LogP contribution in [0.3, 0.4) is 0 Å². The van der Waals surface area contributed by atoms with Gasteiger partial charge < -0.3 is 9.80 Å². The number of piperazine rings is 1. The van der Waals surface area contributed by atoms with Gasteiger partial charge >= 0.3 is 0 Å². The number of hydrogen-bond donors (Lipinski definition) is 0. The molecule has 0 aliphatic carbocycles. The van der Waals surface area contributed by atoms with Crippen molar-refractivity contribution in [1.82, 2.24) is 9.80 Å². The zero-order valence-corrected chi connectivity index (χ0v) is 20.4. The van der Waals surface area contributed by atoms with E-state index in [1.54, 1.807) is 17.0 Å². The molecule has 5 nitrogen and oxygen atoms in total. The minimum absolute atomic E-state index is 0.0103. The molecule has 4 rings (SSSR count). The van der Waals surface area contributed by atoms with E-state index in [1.807, 2.05) is 18.0 Å². The van der Waals surface area contributed by atoms with Crippen LogP contribution in [-0.2, 0) is 9.59 Å². The van der Waals surface area contributed by atoms with E-state index in [0.717, 1.165) is 29.0 Å². The summed E-state index contributed by atoms with van der Waals surface area (Å²) in [6, 6.07) is 6.43. The summed E-state index contributed by atoms with van der Waals surface area (Å²) in [6.45, 7) is 13.4. The molecular formula is C28H33FN3O2+. The zero-order valence-electron chi connectivity index (χ0n) is 20.4. The molecule has 2 atom stereocenters. The summed E-state index contributed by atoms with van der Waals surface area (Å²) in [5, 5.41) is 0. The molecule has 34 heavy (non-hydrogen) atoms. The van der Waals surface area contributed by atoms with Crippen molar-refractivity contribution in [2.75, 3.05) is 19.6 Å². The van der Waals surface area contributed by atoms with Crippen LogP contribution in [0, 0.1) is 17.7 Å². The number of carbonyl (C=O) groups excluding carboxylic acids is 2. The number of halogens is 1. The van der Waals surface area contributed by atoms with Crippen molar-refractivity contribution in [3.05, 3.63) is 83.5 Å². The van der Waals surface area contributed by atoms with Gasteiger partial charge in [-0.3, -0.25) is 9.59 Å². The summed E-state index contributed by atoms with van der Waals surface area (Å²) in [6.07, 6.45) is 8.43. The van der Waals surface area contributed by atoms with Crippen molar-refractivity contribution in [3.63, 3.8) is 0 Å². The Bertz CT molecular complexity index is 1140. The van der Waals surface area contributed by atoms with Crippen molar-refractivity contribution in [1.29, 1.82) is 0 Å². The Labute approximate surface area is 201 Å². The summed E-state index contributed by atoms with van der Waals surface area (Å²) in [5.41, 5.74) is 4.91. The first-order valence-corrected chi connectivity index (χ1v) is 12.0. The fourth-order valence-corrected chi connectivity index (χ4v) is 4.94. The maximum absolute atomic E-state index is 13.7. The highest BCUT2D eigenvalue weighted by molar-refractivity contribution is 6.08. The van der Waals surface area contributed by atoms with Gasteiger partial charge in [0.15, 0.2) is 6.20 Å². The first-order chi connectivity index (χ1) is 16.2. The monoisotopic (exact) mass is 462 g/mol. The van der Waals surface area contributed by atoms with Gasteiger partial charge in [0.25, 0.3) is 5.91 Å². The van der Waals surface area contributed by atoms with E-state index in [2.05, 4.69) is 44.1 Å². The van der Waals surface area contributed by atoms with E-state index in [-0.39, 0.29) is 29.6 Å². The van der Waals surface area contributed by atoms with Gasteiger partial charge in [-0.25, -0.2) is 4.39 Å². The van der Waals surface area contributed by atoms with Crippen LogP contribution in [0.2, 0.25) is 0 Å². The molecule has 0 radical (unpaired) electrons. The van der Waals surface area contributed by atoms with E-state index in [1.165, 1.54) is 23.8 Å². The third-order valence-corrected chi connectivity index (χ3v) is 6.95. The van der Waals surface area contributed by atoms with Crippen molar-refractivity contribution in [2.45, 2.75) is 40.2 Å². The average molecular weight is 463 g/mol. The molecule has 0 aromatic heterocycles. The molecule has 1 saturated heterocycles. The summed E-state index contributed by atoms with van der Waals surface area (Å²) in [5.74, 6) is 0.000384. The van der Waals surface area contributed by atoms with Crippen LogP contribution < -0.4 is 0 Å². The Balaban J connectivity index is 1.70. The third-order valence-electron chi connectivity index (χ3n) is 6.95. The van der Waals surface area contributed by atoms with E-state index in [9.17, 15) is 14.0 Å². The first-order valence-electron chi connectivity index (χ1n) is 12.0. The summed E-state index contributed by atoms with van der Waals surface area (Å²) in [4.78, 5) is 29.4. The van der Waals surface area contributed by atoms with Crippen LogP contribution in [0.1, 0.15) is 39.7 Å². The summed E-state index contributed by atoms with van der Waals surface area (Å²) >= 11 is 0. The third kappa shape index (κ3) is 4.41. The molecule has 1 fully saturated rings. The molecule has 178 valence electrons. The smallest absolute Gasteiger partial charge is 0.256 e. The number of fused-ring (bicyclic) bond motifs is 1. The number of benzene rings is 1. The maximum Gasteiger partial charge on any atom is 0.256 e. The van der Waals surface area contributed by atoms with E-state index < -0.39 is 0 Å².